The van der Waals surface area contributed by atoms with E-state index < -0.39 is 204 Å². The average molecular weight is 952 g/mol. The molecule has 5 saturated heterocycles. The quantitative estimate of drug-likeness (QED) is 0.0683. The minimum absolute atomic E-state index is 0.646. The van der Waals surface area contributed by atoms with Crippen molar-refractivity contribution in [1.29, 1.82) is 0 Å². The predicted molar refractivity (Wildman–Crippen MR) is 201 cm³/mol. The van der Waals surface area contributed by atoms with Gasteiger partial charge in [0.2, 0.25) is 17.7 Å². The number of hydrogen-bond acceptors (Lipinski definition) is 26. The van der Waals surface area contributed by atoms with Crippen molar-refractivity contribution < 1.29 is 129 Å². The molecule has 0 aromatic heterocycles. The summed E-state index contributed by atoms with van der Waals surface area (Å²) in [5.41, 5.74) is 0. The Labute approximate surface area is 369 Å². The molecule has 25 atom stereocenters. The van der Waals surface area contributed by atoms with Crippen LogP contribution in [0.5, 0.6) is 0 Å². The molecule has 0 aromatic carbocycles. The fourth-order valence-corrected chi connectivity index (χ4v) is 8.13. The Hall–Kier alpha value is -2.51. The molecule has 0 spiro atoms. The normalized spacial score (nSPS) is 47.1. The van der Waals surface area contributed by atoms with Crippen molar-refractivity contribution in [2.45, 2.75) is 174 Å². The van der Waals surface area contributed by atoms with Gasteiger partial charge in [-0.15, -0.1) is 0 Å². The van der Waals surface area contributed by atoms with Gasteiger partial charge < -0.3 is 130 Å². The zero-order chi connectivity index (χ0) is 48.2. The lowest BCUT2D eigenvalue weighted by atomic mass is 9.94. The third kappa shape index (κ3) is 12.0. The van der Waals surface area contributed by atoms with E-state index in [1.165, 1.54) is 0 Å². The van der Waals surface area contributed by atoms with E-state index in [2.05, 4.69) is 16.0 Å². The number of aliphatic hydroxyl groups excluding tert-OH is 14. The lowest BCUT2D eigenvalue weighted by Crippen LogP contribution is -2.70. The van der Waals surface area contributed by atoms with Crippen LogP contribution in [-0.4, -0.2) is 276 Å². The Morgan fingerprint density at radius 2 is 0.831 bits per heavy atom. The molecule has 0 unspecified atom stereocenters. The standard InChI is InChI=1S/C36H61N3O26/c1-9(44)37-17-24(51)21(48)16(58-32(17)56)8-57-33-18(38-10(2)45)25(52)29(15(7-43)62-33)63-36-28(55)31(23(50)14(6-42)61-36)65-34-19(39-11(3)46)30(22(49)13(5-41)59-34)64-35-27(54)26(53)20(47)12(4-40)60-35/h12-36,40-43,47-56H,4-8H2,1-3H3,(H,37,44)(H,38,45)(H,39,46)/t12-,13-,14-,15-,16-,17-,18-,19-,20+,21+,22-,23+,24-,25-,26+,27-,28-,29-,30-,31+,32+,33-,34+,35+,36+/m1/s1. The maximum absolute atomic E-state index is 12.5. The van der Waals surface area contributed by atoms with Gasteiger partial charge in [0.05, 0.1) is 33.0 Å². The van der Waals surface area contributed by atoms with Gasteiger partial charge in [0, 0.05) is 20.8 Å². The molecule has 0 saturated carbocycles. The molecule has 5 rings (SSSR count). The van der Waals surface area contributed by atoms with Crippen molar-refractivity contribution in [2.75, 3.05) is 33.0 Å². The summed E-state index contributed by atoms with van der Waals surface area (Å²) in [7, 11) is 0. The molecule has 5 aliphatic heterocycles. The van der Waals surface area contributed by atoms with Crippen LogP contribution < -0.4 is 16.0 Å². The summed E-state index contributed by atoms with van der Waals surface area (Å²) < 4.78 is 51.3. The Kier molecular flexibility index (Phi) is 19.1. The maximum Gasteiger partial charge on any atom is 0.217 e. The second-order valence-electron chi connectivity index (χ2n) is 16.2. The third-order valence-corrected chi connectivity index (χ3v) is 11.5. The molecular formula is C36H61N3O26. The molecule has 0 radical (unpaired) electrons. The Bertz CT molecular complexity index is 1560. The van der Waals surface area contributed by atoms with Gasteiger partial charge in [-0.05, 0) is 0 Å². The van der Waals surface area contributed by atoms with E-state index in [0.29, 0.717) is 0 Å². The van der Waals surface area contributed by atoms with Gasteiger partial charge in [0.15, 0.2) is 31.5 Å². The molecule has 5 heterocycles. The number of rotatable bonds is 16. The van der Waals surface area contributed by atoms with Gasteiger partial charge >= 0.3 is 0 Å². The summed E-state index contributed by atoms with van der Waals surface area (Å²) in [4.78, 5) is 36.4. The van der Waals surface area contributed by atoms with Gasteiger partial charge in [-0.25, -0.2) is 0 Å². The topological polar surface area (TPSA) is 454 Å². The van der Waals surface area contributed by atoms with Crippen molar-refractivity contribution in [3.63, 3.8) is 0 Å². The summed E-state index contributed by atoms with van der Waals surface area (Å²) in [5, 5.41) is 156. The minimum Gasteiger partial charge on any atom is -0.394 e. The summed E-state index contributed by atoms with van der Waals surface area (Å²) in [6.45, 7) is -1.22. The van der Waals surface area contributed by atoms with E-state index in [0.717, 1.165) is 20.8 Å². The van der Waals surface area contributed by atoms with Crippen molar-refractivity contribution in [3.05, 3.63) is 0 Å². The van der Waals surface area contributed by atoms with Crippen molar-refractivity contribution in [2.24, 2.45) is 0 Å². The lowest BCUT2D eigenvalue weighted by molar-refractivity contribution is -0.377. The smallest absolute Gasteiger partial charge is 0.217 e. The Morgan fingerprint density at radius 3 is 1.38 bits per heavy atom. The number of carbonyl (C=O) groups excluding carboxylic acids is 3. The molecule has 3 amide bonds. The largest absolute Gasteiger partial charge is 0.394 e. The second kappa shape index (κ2) is 23.2. The molecule has 0 aromatic rings. The van der Waals surface area contributed by atoms with Gasteiger partial charge in [-0.1, -0.05) is 0 Å². The summed E-state index contributed by atoms with van der Waals surface area (Å²) in [6.07, 6.45) is -39.8. The number of amides is 3. The molecule has 17 N–H and O–H groups in total. The molecule has 29 heteroatoms. The van der Waals surface area contributed by atoms with E-state index >= 15 is 0 Å². The van der Waals surface area contributed by atoms with E-state index in [4.69, 9.17) is 42.6 Å². The van der Waals surface area contributed by atoms with Crippen molar-refractivity contribution in [3.8, 4) is 0 Å². The van der Waals surface area contributed by atoms with E-state index in [1.54, 1.807) is 0 Å². The van der Waals surface area contributed by atoms with Crippen LogP contribution in [0.25, 0.3) is 0 Å². The molecular weight excluding hydrogens is 890 g/mol. The first kappa shape index (κ1) is 53.4. The number of ether oxygens (including phenoxy) is 9. The first-order chi connectivity index (χ1) is 30.7. The van der Waals surface area contributed by atoms with Crippen LogP contribution >= 0.6 is 0 Å². The van der Waals surface area contributed by atoms with Gasteiger partial charge in [-0.2, -0.15) is 0 Å². The van der Waals surface area contributed by atoms with Crippen LogP contribution in [0.15, 0.2) is 0 Å². The predicted octanol–water partition coefficient (Wildman–Crippen LogP) is -11.5. The van der Waals surface area contributed by atoms with Crippen LogP contribution in [0.2, 0.25) is 0 Å². The average Bonchev–Trinajstić information content (AvgIpc) is 3.25. The number of hydrogen-bond donors (Lipinski definition) is 17. The highest BCUT2D eigenvalue weighted by Gasteiger charge is 2.56. The van der Waals surface area contributed by atoms with Crippen LogP contribution in [0.4, 0.5) is 0 Å². The monoisotopic (exact) mass is 951 g/mol. The zero-order valence-electron chi connectivity index (χ0n) is 35.1. The van der Waals surface area contributed by atoms with Crippen molar-refractivity contribution >= 4 is 17.7 Å². The Balaban J connectivity index is 1.35. The van der Waals surface area contributed by atoms with Gasteiger partial charge in [0.25, 0.3) is 0 Å². The number of aliphatic hydroxyl groups is 14. The van der Waals surface area contributed by atoms with Gasteiger partial charge in [-0.3, -0.25) is 14.4 Å². The molecule has 5 fully saturated rings. The third-order valence-electron chi connectivity index (χ3n) is 11.5. The number of carbonyl (C=O) groups is 3. The number of nitrogens with one attached hydrogen (secondary N) is 3. The van der Waals surface area contributed by atoms with E-state index in [-0.39, 0.29) is 0 Å². The summed E-state index contributed by atoms with van der Waals surface area (Å²) in [5.74, 6) is -2.21. The first-order valence-electron chi connectivity index (χ1n) is 20.6. The second-order valence-corrected chi connectivity index (χ2v) is 16.2. The molecule has 376 valence electrons. The molecule has 0 bridgehead atoms. The first-order valence-corrected chi connectivity index (χ1v) is 20.6. The van der Waals surface area contributed by atoms with Crippen molar-refractivity contribution in [1.82, 2.24) is 16.0 Å². The summed E-state index contributed by atoms with van der Waals surface area (Å²) >= 11 is 0. The summed E-state index contributed by atoms with van der Waals surface area (Å²) in [6, 6.07) is -4.68. The Morgan fingerprint density at radius 1 is 0.400 bits per heavy atom. The van der Waals surface area contributed by atoms with E-state index in [9.17, 15) is 85.9 Å². The minimum atomic E-state index is -2.15. The van der Waals surface area contributed by atoms with E-state index in [1.807, 2.05) is 0 Å². The highest BCUT2D eigenvalue weighted by atomic mass is 16.8. The van der Waals surface area contributed by atoms with Crippen LogP contribution in [0.1, 0.15) is 20.8 Å². The SMILES string of the molecule is CC(=O)N[C@@H]1[C@@H](O)[C@@H](O)[C@@H](CO[C@@H]2O[C@H](CO)[C@@H](O[C@@H]3O[C@H](CO)[C@H](O)[C@H](O[C@@H]4O[C@H](CO)[C@@H](O)[C@H](O[C@@H]5O[C@H](CO)[C@H](O)[C@H](O)[C@H]5O)[C@H]4NC(C)=O)[C@H]3O)[C@H](O)[C@H]2NC(C)=O)O[C@@H]1O. The highest BCUT2D eigenvalue weighted by Crippen LogP contribution is 2.35. The van der Waals surface area contributed by atoms with Crippen LogP contribution in [0, 0.1) is 0 Å². The fourth-order valence-electron chi connectivity index (χ4n) is 8.13. The fraction of sp³-hybridized carbons (Fsp3) is 0.917. The molecule has 5 aliphatic rings. The van der Waals surface area contributed by atoms with Crippen LogP contribution in [-0.2, 0) is 57.0 Å². The van der Waals surface area contributed by atoms with Gasteiger partial charge in [0.1, 0.15) is 122 Å². The maximum atomic E-state index is 12.5. The lowest BCUT2D eigenvalue weighted by Gasteiger charge is -2.50. The molecule has 65 heavy (non-hydrogen) atoms. The highest BCUT2D eigenvalue weighted by molar-refractivity contribution is 5.74. The molecule has 0 aliphatic carbocycles. The zero-order valence-corrected chi connectivity index (χ0v) is 35.1. The van der Waals surface area contributed by atoms with Crippen LogP contribution in [0.3, 0.4) is 0 Å². The molecule has 29 nitrogen and oxygen atoms in total.